The molecule has 2 nitrogen and oxygen atoms in total. The standard InChI is InChI=1S/C8H17NO.C2H6/c1-7-5-4-6-8(2,3)9(7)10;1-2/h7,10H,4-6H2,1-3H3;1-2H3. The molecule has 0 radical (unpaired) electrons. The summed E-state index contributed by atoms with van der Waals surface area (Å²) < 4.78 is 0. The van der Waals surface area contributed by atoms with Crippen molar-refractivity contribution in [1.29, 1.82) is 0 Å². The van der Waals surface area contributed by atoms with Gasteiger partial charge in [0, 0.05) is 11.6 Å². The first kappa shape index (κ1) is 11.9. The quantitative estimate of drug-likeness (QED) is 0.608. The van der Waals surface area contributed by atoms with Crippen LogP contribution in [0.2, 0.25) is 0 Å². The summed E-state index contributed by atoms with van der Waals surface area (Å²) in [6.07, 6.45) is 3.47. The molecule has 2 heteroatoms. The van der Waals surface area contributed by atoms with Crippen molar-refractivity contribution in [3.05, 3.63) is 0 Å². The van der Waals surface area contributed by atoms with Gasteiger partial charge in [-0.2, -0.15) is 5.06 Å². The largest absolute Gasteiger partial charge is 0.313 e. The molecule has 1 N–H and O–H groups in total. The monoisotopic (exact) mass is 173 g/mol. The number of hydroxylamine groups is 2. The van der Waals surface area contributed by atoms with E-state index in [1.807, 2.05) is 13.8 Å². The first-order valence-corrected chi connectivity index (χ1v) is 5.02. The van der Waals surface area contributed by atoms with Gasteiger partial charge in [-0.3, -0.25) is 0 Å². The molecule has 0 aliphatic carbocycles. The van der Waals surface area contributed by atoms with Gasteiger partial charge in [-0.15, -0.1) is 0 Å². The fourth-order valence-corrected chi connectivity index (χ4v) is 1.66. The van der Waals surface area contributed by atoms with Crippen LogP contribution in [-0.2, 0) is 0 Å². The Morgan fingerprint density at radius 1 is 1.33 bits per heavy atom. The summed E-state index contributed by atoms with van der Waals surface area (Å²) in [5, 5.41) is 11.0. The van der Waals surface area contributed by atoms with Gasteiger partial charge in [0.25, 0.3) is 0 Å². The summed E-state index contributed by atoms with van der Waals surface area (Å²) in [6.45, 7) is 10.2. The third-order valence-corrected chi connectivity index (χ3v) is 2.45. The smallest absolute Gasteiger partial charge is 0.0407 e. The van der Waals surface area contributed by atoms with E-state index in [-0.39, 0.29) is 5.54 Å². The minimum Gasteiger partial charge on any atom is -0.313 e. The van der Waals surface area contributed by atoms with Crippen LogP contribution in [0.25, 0.3) is 0 Å². The molecule has 12 heavy (non-hydrogen) atoms. The summed E-state index contributed by atoms with van der Waals surface area (Å²) in [7, 11) is 0. The summed E-state index contributed by atoms with van der Waals surface area (Å²) in [5.74, 6) is 0. The van der Waals surface area contributed by atoms with Crippen LogP contribution < -0.4 is 0 Å². The van der Waals surface area contributed by atoms with Gasteiger partial charge in [0.15, 0.2) is 0 Å². The molecule has 1 aliphatic heterocycles. The maximum atomic E-state index is 9.54. The molecule has 74 valence electrons. The normalized spacial score (nSPS) is 29.0. The van der Waals surface area contributed by atoms with E-state index in [1.54, 1.807) is 0 Å². The minimum atomic E-state index is -0.00231. The van der Waals surface area contributed by atoms with Gasteiger partial charge in [0.1, 0.15) is 0 Å². The van der Waals surface area contributed by atoms with Crippen LogP contribution in [0.1, 0.15) is 53.9 Å². The second kappa shape index (κ2) is 4.83. The van der Waals surface area contributed by atoms with Gasteiger partial charge in [-0.25, -0.2) is 0 Å². The third-order valence-electron chi connectivity index (χ3n) is 2.45. The molecule has 1 saturated heterocycles. The first-order valence-electron chi connectivity index (χ1n) is 5.02. The Morgan fingerprint density at radius 3 is 2.17 bits per heavy atom. The van der Waals surface area contributed by atoms with Gasteiger partial charge in [0.05, 0.1) is 0 Å². The molecule has 1 unspecified atom stereocenters. The molecule has 0 aromatic heterocycles. The number of rotatable bonds is 0. The highest BCUT2D eigenvalue weighted by Gasteiger charge is 2.32. The molecular formula is C10H23NO. The maximum absolute atomic E-state index is 9.54. The zero-order valence-electron chi connectivity index (χ0n) is 9.09. The highest BCUT2D eigenvalue weighted by atomic mass is 16.5. The molecule has 1 aliphatic rings. The van der Waals surface area contributed by atoms with Crippen LogP contribution in [-0.4, -0.2) is 21.9 Å². The number of piperidine rings is 1. The second-order valence-electron chi connectivity index (χ2n) is 3.90. The summed E-state index contributed by atoms with van der Waals surface area (Å²) in [5.41, 5.74) is -0.00231. The van der Waals surface area contributed by atoms with Gasteiger partial charge >= 0.3 is 0 Å². The number of hydrogen-bond donors (Lipinski definition) is 1. The summed E-state index contributed by atoms with van der Waals surface area (Å²) >= 11 is 0. The Hall–Kier alpha value is -0.0800. The van der Waals surface area contributed by atoms with Gasteiger partial charge in [-0.05, 0) is 40.0 Å². The van der Waals surface area contributed by atoms with Crippen molar-refractivity contribution in [2.75, 3.05) is 0 Å². The van der Waals surface area contributed by atoms with Crippen molar-refractivity contribution in [3.8, 4) is 0 Å². The Labute approximate surface area is 76.5 Å². The highest BCUT2D eigenvalue weighted by molar-refractivity contribution is 4.84. The molecule has 1 heterocycles. The highest BCUT2D eigenvalue weighted by Crippen LogP contribution is 2.28. The van der Waals surface area contributed by atoms with Crippen LogP contribution in [0.4, 0.5) is 0 Å². The van der Waals surface area contributed by atoms with E-state index in [2.05, 4.69) is 20.8 Å². The maximum Gasteiger partial charge on any atom is 0.0407 e. The SMILES string of the molecule is CC.CC1CCCC(C)(C)N1O. The Kier molecular flexibility index (Phi) is 4.80. The molecule has 0 amide bonds. The fraction of sp³-hybridized carbons (Fsp3) is 1.00. The molecule has 0 spiro atoms. The second-order valence-corrected chi connectivity index (χ2v) is 3.90. The third kappa shape index (κ3) is 2.76. The van der Waals surface area contributed by atoms with Crippen molar-refractivity contribution in [1.82, 2.24) is 5.06 Å². The van der Waals surface area contributed by atoms with E-state index >= 15 is 0 Å². The number of nitrogens with zero attached hydrogens (tertiary/aromatic N) is 1. The zero-order chi connectivity index (χ0) is 9.78. The summed E-state index contributed by atoms with van der Waals surface area (Å²) in [6, 6.07) is 0.337. The predicted molar refractivity (Wildman–Crippen MR) is 52.4 cm³/mol. The lowest BCUT2D eigenvalue weighted by molar-refractivity contribution is -0.206. The molecule has 0 aromatic rings. The van der Waals surface area contributed by atoms with Crippen molar-refractivity contribution in [2.45, 2.75) is 65.5 Å². The molecule has 1 atom stereocenters. The zero-order valence-corrected chi connectivity index (χ0v) is 9.09. The van der Waals surface area contributed by atoms with Crippen molar-refractivity contribution >= 4 is 0 Å². The Morgan fingerprint density at radius 2 is 1.83 bits per heavy atom. The van der Waals surface area contributed by atoms with E-state index in [0.717, 1.165) is 12.8 Å². The molecule has 1 rings (SSSR count). The average Bonchev–Trinajstić information content (AvgIpc) is 2.04. The van der Waals surface area contributed by atoms with Crippen molar-refractivity contribution in [2.24, 2.45) is 0 Å². The lowest BCUT2D eigenvalue weighted by Gasteiger charge is -2.41. The van der Waals surface area contributed by atoms with Gasteiger partial charge in [-0.1, -0.05) is 13.8 Å². The molecule has 0 aromatic carbocycles. The Bertz CT molecular complexity index is 123. The molecular weight excluding hydrogens is 150 g/mol. The van der Waals surface area contributed by atoms with Crippen LogP contribution in [0, 0.1) is 0 Å². The number of hydrogen-bond acceptors (Lipinski definition) is 2. The molecule has 0 saturated carbocycles. The Balaban J connectivity index is 0.000000561. The average molecular weight is 173 g/mol. The van der Waals surface area contributed by atoms with Crippen LogP contribution in [0.5, 0.6) is 0 Å². The van der Waals surface area contributed by atoms with E-state index in [4.69, 9.17) is 0 Å². The van der Waals surface area contributed by atoms with Crippen LogP contribution in [0.3, 0.4) is 0 Å². The van der Waals surface area contributed by atoms with E-state index in [0.29, 0.717) is 6.04 Å². The summed E-state index contributed by atoms with van der Waals surface area (Å²) in [4.78, 5) is 0. The van der Waals surface area contributed by atoms with Crippen LogP contribution in [0.15, 0.2) is 0 Å². The van der Waals surface area contributed by atoms with E-state index in [9.17, 15) is 5.21 Å². The van der Waals surface area contributed by atoms with Gasteiger partial charge < -0.3 is 5.21 Å². The fourth-order valence-electron chi connectivity index (χ4n) is 1.66. The minimum absolute atomic E-state index is 0.00231. The van der Waals surface area contributed by atoms with E-state index < -0.39 is 0 Å². The van der Waals surface area contributed by atoms with E-state index in [1.165, 1.54) is 11.5 Å². The van der Waals surface area contributed by atoms with Crippen molar-refractivity contribution < 1.29 is 5.21 Å². The molecule has 0 bridgehead atoms. The lowest BCUT2D eigenvalue weighted by atomic mass is 9.89. The first-order chi connectivity index (χ1) is 5.54. The lowest BCUT2D eigenvalue weighted by Crippen LogP contribution is -2.49. The van der Waals surface area contributed by atoms with Crippen LogP contribution >= 0.6 is 0 Å². The topological polar surface area (TPSA) is 23.5 Å². The predicted octanol–water partition coefficient (Wildman–Crippen LogP) is 3.05. The van der Waals surface area contributed by atoms with Crippen molar-refractivity contribution in [3.63, 3.8) is 0 Å². The van der Waals surface area contributed by atoms with Gasteiger partial charge in [0.2, 0.25) is 0 Å². The molecule has 1 fully saturated rings.